The molecular formula is C18H29N5O5S2. The normalized spacial score (nSPS) is 23.1. The summed E-state index contributed by atoms with van der Waals surface area (Å²) in [6, 6.07) is 0.100. The minimum absolute atomic E-state index is 0.0840. The Kier molecular flexibility index (Phi) is 7.64. The van der Waals surface area contributed by atoms with E-state index in [4.69, 9.17) is 5.11 Å². The second-order valence-electron chi connectivity index (χ2n) is 8.13. The van der Waals surface area contributed by atoms with Crippen LogP contribution in [0.25, 0.3) is 0 Å². The van der Waals surface area contributed by atoms with Crippen LogP contribution >= 0.6 is 11.3 Å². The number of aromatic nitrogens is 2. The first-order valence-electron chi connectivity index (χ1n) is 10.4. The van der Waals surface area contributed by atoms with Crippen LogP contribution in [0.4, 0.5) is 9.93 Å². The molecule has 0 atom stereocenters. The Balaban J connectivity index is 1.71. The highest BCUT2D eigenvalue weighted by atomic mass is 32.2. The Labute approximate surface area is 180 Å². The van der Waals surface area contributed by atoms with E-state index in [0.29, 0.717) is 17.3 Å². The molecule has 2 aliphatic carbocycles. The lowest BCUT2D eigenvalue weighted by Crippen LogP contribution is -2.51. The number of carbonyl (C=O) groups is 2. The SMILES string of the molecule is CC1CCC(N(C(=O)Nc2nnc(S(=O)(=O)NCC(=O)O)s2)C2CCCCC2)CC1. The van der Waals surface area contributed by atoms with Crippen molar-refractivity contribution >= 4 is 38.5 Å². The van der Waals surface area contributed by atoms with Gasteiger partial charge in [-0.15, -0.1) is 10.2 Å². The van der Waals surface area contributed by atoms with E-state index in [1.165, 1.54) is 6.42 Å². The van der Waals surface area contributed by atoms with Gasteiger partial charge in [-0.3, -0.25) is 10.1 Å². The van der Waals surface area contributed by atoms with Gasteiger partial charge >= 0.3 is 12.0 Å². The maximum Gasteiger partial charge on any atom is 0.324 e. The highest BCUT2D eigenvalue weighted by Crippen LogP contribution is 2.33. The van der Waals surface area contributed by atoms with Crippen LogP contribution in [0, 0.1) is 5.92 Å². The summed E-state index contributed by atoms with van der Waals surface area (Å²) in [6.07, 6.45) is 9.49. The van der Waals surface area contributed by atoms with Crippen molar-refractivity contribution in [2.24, 2.45) is 5.92 Å². The van der Waals surface area contributed by atoms with Crippen molar-refractivity contribution in [2.75, 3.05) is 11.9 Å². The molecular weight excluding hydrogens is 430 g/mol. The summed E-state index contributed by atoms with van der Waals surface area (Å²) in [5.41, 5.74) is 0. The van der Waals surface area contributed by atoms with E-state index >= 15 is 0 Å². The van der Waals surface area contributed by atoms with E-state index in [2.05, 4.69) is 22.4 Å². The van der Waals surface area contributed by atoms with Crippen LogP contribution in [0.3, 0.4) is 0 Å². The molecule has 10 nitrogen and oxygen atoms in total. The number of sulfonamides is 1. The number of anilines is 1. The number of urea groups is 1. The molecule has 0 bridgehead atoms. The quantitative estimate of drug-likeness (QED) is 0.532. The first kappa shape index (κ1) is 22.9. The number of carboxylic acids is 1. The van der Waals surface area contributed by atoms with Gasteiger partial charge in [0.15, 0.2) is 0 Å². The van der Waals surface area contributed by atoms with Crippen LogP contribution in [-0.2, 0) is 14.8 Å². The first-order chi connectivity index (χ1) is 14.3. The molecule has 1 aromatic heterocycles. The number of amides is 2. The topological polar surface area (TPSA) is 142 Å². The third kappa shape index (κ3) is 5.88. The van der Waals surface area contributed by atoms with Gasteiger partial charge in [-0.05, 0) is 44.4 Å². The molecule has 0 saturated heterocycles. The molecule has 2 saturated carbocycles. The Morgan fingerprint density at radius 1 is 1.07 bits per heavy atom. The van der Waals surface area contributed by atoms with E-state index in [1.54, 1.807) is 0 Å². The van der Waals surface area contributed by atoms with Crippen molar-refractivity contribution in [3.8, 4) is 0 Å². The molecule has 3 rings (SSSR count). The number of rotatable bonds is 7. The van der Waals surface area contributed by atoms with E-state index in [1.807, 2.05) is 9.62 Å². The number of aliphatic carboxylic acids is 1. The zero-order chi connectivity index (χ0) is 21.7. The molecule has 12 heteroatoms. The van der Waals surface area contributed by atoms with Gasteiger partial charge < -0.3 is 10.0 Å². The predicted octanol–water partition coefficient (Wildman–Crippen LogP) is 2.65. The summed E-state index contributed by atoms with van der Waals surface area (Å²) in [7, 11) is -4.09. The second kappa shape index (κ2) is 10.0. The first-order valence-corrected chi connectivity index (χ1v) is 12.7. The summed E-state index contributed by atoms with van der Waals surface area (Å²) in [4.78, 5) is 25.7. The van der Waals surface area contributed by atoms with Gasteiger partial charge in [-0.2, -0.15) is 4.72 Å². The molecule has 2 fully saturated rings. The number of hydrogen-bond acceptors (Lipinski definition) is 7. The molecule has 3 N–H and O–H groups in total. The molecule has 1 aromatic rings. The Morgan fingerprint density at radius 3 is 2.33 bits per heavy atom. The van der Waals surface area contributed by atoms with Gasteiger partial charge in [0.25, 0.3) is 10.0 Å². The summed E-state index contributed by atoms with van der Waals surface area (Å²) >= 11 is 0.707. The van der Waals surface area contributed by atoms with Crippen LogP contribution in [-0.4, -0.2) is 59.3 Å². The zero-order valence-electron chi connectivity index (χ0n) is 17.0. The molecule has 2 aliphatic rings. The highest BCUT2D eigenvalue weighted by Gasteiger charge is 2.34. The number of hydrogen-bond donors (Lipinski definition) is 3. The van der Waals surface area contributed by atoms with E-state index in [9.17, 15) is 18.0 Å². The molecule has 168 valence electrons. The van der Waals surface area contributed by atoms with Crippen molar-refractivity contribution in [3.63, 3.8) is 0 Å². The minimum Gasteiger partial charge on any atom is -0.480 e. The van der Waals surface area contributed by atoms with Crippen molar-refractivity contribution in [3.05, 3.63) is 0 Å². The number of carboxylic acid groups (broad SMARTS) is 1. The summed E-state index contributed by atoms with van der Waals surface area (Å²) in [6.45, 7) is 1.49. The van der Waals surface area contributed by atoms with E-state index in [0.717, 1.165) is 51.4 Å². The highest BCUT2D eigenvalue weighted by molar-refractivity contribution is 7.91. The van der Waals surface area contributed by atoms with Gasteiger partial charge in [-0.1, -0.05) is 37.5 Å². The molecule has 0 aromatic carbocycles. The molecule has 30 heavy (non-hydrogen) atoms. The fourth-order valence-corrected chi connectivity index (χ4v) is 6.16. The zero-order valence-corrected chi connectivity index (χ0v) is 18.7. The monoisotopic (exact) mass is 459 g/mol. The van der Waals surface area contributed by atoms with Crippen LogP contribution < -0.4 is 10.0 Å². The Bertz CT molecular complexity index is 845. The fourth-order valence-electron chi connectivity index (χ4n) is 4.25. The van der Waals surface area contributed by atoms with Gasteiger partial charge in [0.1, 0.15) is 6.54 Å². The van der Waals surface area contributed by atoms with E-state index in [-0.39, 0.29) is 27.6 Å². The second-order valence-corrected chi connectivity index (χ2v) is 11.1. The van der Waals surface area contributed by atoms with Crippen molar-refractivity contribution < 1.29 is 23.1 Å². The van der Waals surface area contributed by atoms with Gasteiger partial charge in [0.2, 0.25) is 9.47 Å². The summed E-state index contributed by atoms with van der Waals surface area (Å²) < 4.78 is 25.8. The molecule has 0 radical (unpaired) electrons. The lowest BCUT2D eigenvalue weighted by Gasteiger charge is -2.42. The van der Waals surface area contributed by atoms with Crippen LogP contribution in [0.2, 0.25) is 0 Å². The number of nitrogens with zero attached hydrogens (tertiary/aromatic N) is 3. The average Bonchev–Trinajstić information content (AvgIpc) is 3.18. The van der Waals surface area contributed by atoms with Crippen LogP contribution in [0.15, 0.2) is 4.34 Å². The molecule has 2 amide bonds. The summed E-state index contributed by atoms with van der Waals surface area (Å²) in [5.74, 6) is -0.631. The maximum absolute atomic E-state index is 13.2. The number of carbonyl (C=O) groups excluding carboxylic acids is 1. The Hall–Kier alpha value is -1.79. The van der Waals surface area contributed by atoms with Gasteiger partial charge in [0.05, 0.1) is 0 Å². The molecule has 0 spiro atoms. The van der Waals surface area contributed by atoms with Crippen LogP contribution in [0.5, 0.6) is 0 Å². The predicted molar refractivity (Wildman–Crippen MR) is 112 cm³/mol. The third-order valence-corrected chi connectivity index (χ3v) is 8.45. The summed E-state index contributed by atoms with van der Waals surface area (Å²) in [5, 5.41) is 18.8. The fraction of sp³-hybridized carbons (Fsp3) is 0.778. The Morgan fingerprint density at radius 2 is 1.70 bits per heavy atom. The molecule has 1 heterocycles. The lowest BCUT2D eigenvalue weighted by molar-refractivity contribution is -0.135. The van der Waals surface area contributed by atoms with Crippen molar-refractivity contribution in [1.82, 2.24) is 19.8 Å². The van der Waals surface area contributed by atoms with Crippen molar-refractivity contribution in [2.45, 2.75) is 81.1 Å². The lowest BCUT2D eigenvalue weighted by atomic mass is 9.84. The van der Waals surface area contributed by atoms with Gasteiger partial charge in [-0.25, -0.2) is 13.2 Å². The third-order valence-electron chi connectivity index (χ3n) is 5.84. The van der Waals surface area contributed by atoms with Gasteiger partial charge in [0, 0.05) is 12.1 Å². The standard InChI is InChI=1S/C18H29N5O5S2/c1-12-7-9-14(10-8-12)23(13-5-3-2-4-6-13)17(26)20-16-21-22-18(29-16)30(27,28)19-11-15(24)25/h12-14,19H,2-11H2,1H3,(H,24,25)(H,20,21,26). The smallest absolute Gasteiger partial charge is 0.324 e. The number of nitrogens with one attached hydrogen (secondary N) is 2. The molecule has 0 unspecified atom stereocenters. The molecule has 0 aliphatic heterocycles. The average molecular weight is 460 g/mol. The van der Waals surface area contributed by atoms with Crippen LogP contribution in [0.1, 0.15) is 64.7 Å². The maximum atomic E-state index is 13.2. The van der Waals surface area contributed by atoms with E-state index < -0.39 is 22.5 Å². The largest absolute Gasteiger partial charge is 0.480 e. The van der Waals surface area contributed by atoms with Crippen molar-refractivity contribution in [1.29, 1.82) is 0 Å². The minimum atomic E-state index is -4.09.